The fourth-order valence-corrected chi connectivity index (χ4v) is 2.01. The van der Waals surface area contributed by atoms with Gasteiger partial charge in [0, 0.05) is 11.5 Å². The van der Waals surface area contributed by atoms with E-state index in [1.54, 1.807) is 20.8 Å². The third kappa shape index (κ3) is 7.76. The molecule has 1 aromatic carbocycles. The third-order valence-electron chi connectivity index (χ3n) is 3.33. The Morgan fingerprint density at radius 3 is 2.12 bits per heavy atom. The van der Waals surface area contributed by atoms with Crippen LogP contribution in [0.1, 0.15) is 33.3 Å². The van der Waals surface area contributed by atoms with Crippen molar-refractivity contribution in [3.63, 3.8) is 0 Å². The summed E-state index contributed by atoms with van der Waals surface area (Å²) in [6.45, 7) is 6.97. The summed E-state index contributed by atoms with van der Waals surface area (Å²) in [5.41, 5.74) is 0.587. The summed E-state index contributed by atoms with van der Waals surface area (Å²) in [6.07, 6.45) is 0.724. The van der Waals surface area contributed by atoms with Crippen LogP contribution in [0.2, 0.25) is 0 Å². The maximum Gasteiger partial charge on any atom is 0.239 e. The lowest BCUT2D eigenvalue weighted by atomic mass is 9.96. The molecular weight excluding hydrogens is 306 g/mol. The molecule has 0 saturated carbocycles. The smallest absolute Gasteiger partial charge is 0.239 e. The van der Waals surface area contributed by atoms with Gasteiger partial charge in [0.25, 0.3) is 0 Å². The van der Waals surface area contributed by atoms with E-state index in [4.69, 9.17) is 0 Å². The van der Waals surface area contributed by atoms with Crippen LogP contribution in [0.4, 0.5) is 0 Å². The normalized spacial score (nSPS) is 12.2. The van der Waals surface area contributed by atoms with E-state index < -0.39 is 11.3 Å². The van der Waals surface area contributed by atoms with Crippen molar-refractivity contribution in [1.82, 2.24) is 16.0 Å². The van der Waals surface area contributed by atoms with Crippen molar-refractivity contribution in [3.8, 4) is 0 Å². The zero-order chi connectivity index (χ0) is 18.2. The van der Waals surface area contributed by atoms with E-state index in [1.165, 1.54) is 0 Å². The topological polar surface area (TPSA) is 87.3 Å². The molecule has 0 spiro atoms. The molecule has 0 saturated heterocycles. The van der Waals surface area contributed by atoms with Crippen molar-refractivity contribution < 1.29 is 14.4 Å². The fraction of sp³-hybridized carbons (Fsp3) is 0.500. The lowest BCUT2D eigenvalue weighted by Crippen LogP contribution is -2.45. The Hall–Kier alpha value is -2.37. The summed E-state index contributed by atoms with van der Waals surface area (Å²) in [6, 6.07) is 9.83. The quantitative estimate of drug-likeness (QED) is 0.696. The van der Waals surface area contributed by atoms with Crippen molar-refractivity contribution in [3.05, 3.63) is 35.9 Å². The molecule has 6 heteroatoms. The van der Waals surface area contributed by atoms with Crippen molar-refractivity contribution >= 4 is 17.7 Å². The fourth-order valence-electron chi connectivity index (χ4n) is 2.01. The monoisotopic (exact) mass is 333 g/mol. The molecule has 0 bridgehead atoms. The molecule has 1 rings (SSSR count). The first kappa shape index (κ1) is 19.7. The minimum absolute atomic E-state index is 0.0302. The molecule has 0 aliphatic carbocycles. The molecule has 0 heterocycles. The minimum atomic E-state index is -0.551. The molecule has 132 valence electrons. The van der Waals surface area contributed by atoms with E-state index in [2.05, 4.69) is 16.0 Å². The van der Waals surface area contributed by atoms with E-state index in [-0.39, 0.29) is 30.9 Å². The second-order valence-electron chi connectivity index (χ2n) is 6.87. The van der Waals surface area contributed by atoms with Gasteiger partial charge in [0.1, 0.15) is 0 Å². The van der Waals surface area contributed by atoms with Gasteiger partial charge >= 0.3 is 0 Å². The van der Waals surface area contributed by atoms with Gasteiger partial charge in [-0.15, -0.1) is 0 Å². The highest BCUT2D eigenvalue weighted by molar-refractivity contribution is 5.89. The molecule has 0 fully saturated rings. The molecule has 24 heavy (non-hydrogen) atoms. The van der Waals surface area contributed by atoms with Crippen molar-refractivity contribution in [2.45, 2.75) is 40.2 Å². The van der Waals surface area contributed by atoms with E-state index in [0.717, 1.165) is 12.0 Å². The van der Waals surface area contributed by atoms with Gasteiger partial charge in [-0.1, -0.05) is 51.1 Å². The highest BCUT2D eigenvalue weighted by atomic mass is 16.2. The first-order valence-electron chi connectivity index (χ1n) is 8.07. The second-order valence-corrected chi connectivity index (χ2v) is 6.87. The molecule has 0 aliphatic rings. The van der Waals surface area contributed by atoms with Gasteiger partial charge in [-0.3, -0.25) is 14.4 Å². The number of hydrogen-bond donors (Lipinski definition) is 3. The van der Waals surface area contributed by atoms with Crippen LogP contribution in [0.5, 0.6) is 0 Å². The van der Waals surface area contributed by atoms with Crippen LogP contribution in [0.25, 0.3) is 0 Å². The Morgan fingerprint density at radius 2 is 1.54 bits per heavy atom. The van der Waals surface area contributed by atoms with Gasteiger partial charge in [-0.05, 0) is 18.9 Å². The number of nitrogens with one attached hydrogen (secondary N) is 3. The van der Waals surface area contributed by atoms with Gasteiger partial charge in [-0.2, -0.15) is 0 Å². The lowest BCUT2D eigenvalue weighted by molar-refractivity contribution is -0.131. The number of hydrogen-bond acceptors (Lipinski definition) is 3. The zero-order valence-corrected chi connectivity index (χ0v) is 14.8. The average molecular weight is 333 g/mol. The Balaban J connectivity index is 2.25. The lowest BCUT2D eigenvalue weighted by Gasteiger charge is -2.17. The van der Waals surface area contributed by atoms with Gasteiger partial charge < -0.3 is 16.0 Å². The Kier molecular flexibility index (Phi) is 7.42. The molecular formula is C18H27N3O3. The van der Waals surface area contributed by atoms with Gasteiger partial charge in [-0.25, -0.2) is 0 Å². The molecule has 1 aromatic rings. The number of benzene rings is 1. The highest BCUT2D eigenvalue weighted by Gasteiger charge is 2.21. The van der Waals surface area contributed by atoms with Crippen LogP contribution in [-0.2, 0) is 20.8 Å². The Bertz CT molecular complexity index is 565. The van der Waals surface area contributed by atoms with Crippen LogP contribution in [0.15, 0.2) is 30.3 Å². The molecule has 0 aromatic heterocycles. The highest BCUT2D eigenvalue weighted by Crippen LogP contribution is 2.11. The second kappa shape index (κ2) is 9.05. The van der Waals surface area contributed by atoms with Crippen molar-refractivity contribution in [2.75, 3.05) is 13.1 Å². The Labute approximate surface area is 143 Å². The van der Waals surface area contributed by atoms with Gasteiger partial charge in [0.05, 0.1) is 13.1 Å². The third-order valence-corrected chi connectivity index (χ3v) is 3.33. The van der Waals surface area contributed by atoms with Gasteiger partial charge in [0.15, 0.2) is 0 Å². The van der Waals surface area contributed by atoms with Crippen LogP contribution >= 0.6 is 0 Å². The summed E-state index contributed by atoms with van der Waals surface area (Å²) in [5, 5.41) is 7.86. The molecule has 3 N–H and O–H groups in total. The summed E-state index contributed by atoms with van der Waals surface area (Å²) in [4.78, 5) is 35.1. The van der Waals surface area contributed by atoms with Crippen molar-refractivity contribution in [2.24, 2.45) is 5.41 Å². The average Bonchev–Trinajstić information content (AvgIpc) is 2.50. The predicted octanol–water partition coefficient (Wildman–Crippen LogP) is 1.01. The molecule has 6 nitrogen and oxygen atoms in total. The zero-order valence-electron chi connectivity index (χ0n) is 14.8. The van der Waals surface area contributed by atoms with E-state index in [1.807, 2.05) is 37.3 Å². The number of amides is 3. The molecule has 0 aliphatic heterocycles. The van der Waals surface area contributed by atoms with Crippen LogP contribution in [-0.4, -0.2) is 36.9 Å². The summed E-state index contributed by atoms with van der Waals surface area (Å²) >= 11 is 0. The number of carbonyl (C=O) groups is 3. The molecule has 3 amide bonds. The van der Waals surface area contributed by atoms with Crippen molar-refractivity contribution in [1.29, 1.82) is 0 Å². The summed E-state index contributed by atoms with van der Waals surface area (Å²) in [7, 11) is 0. The first-order valence-corrected chi connectivity index (χ1v) is 8.07. The first-order chi connectivity index (χ1) is 11.2. The number of carbonyl (C=O) groups excluding carboxylic acids is 3. The summed E-state index contributed by atoms with van der Waals surface area (Å²) < 4.78 is 0. The van der Waals surface area contributed by atoms with E-state index in [0.29, 0.717) is 0 Å². The molecule has 0 radical (unpaired) electrons. The Morgan fingerprint density at radius 1 is 0.958 bits per heavy atom. The van der Waals surface area contributed by atoms with Crippen LogP contribution in [0.3, 0.4) is 0 Å². The van der Waals surface area contributed by atoms with Crippen LogP contribution in [0, 0.1) is 5.41 Å². The standard InChI is InChI=1S/C18H27N3O3/c1-13(10-14-8-6-5-7-9-14)21-16(23)12-19-15(22)11-20-17(24)18(2,3)4/h5-9,13H,10-12H2,1-4H3,(H,19,22)(H,20,24)(H,21,23). The van der Waals surface area contributed by atoms with E-state index >= 15 is 0 Å². The minimum Gasteiger partial charge on any atom is -0.352 e. The molecule has 1 unspecified atom stereocenters. The maximum atomic E-state index is 11.8. The maximum absolute atomic E-state index is 11.8. The van der Waals surface area contributed by atoms with Gasteiger partial charge in [0.2, 0.25) is 17.7 Å². The van der Waals surface area contributed by atoms with Crippen LogP contribution < -0.4 is 16.0 Å². The predicted molar refractivity (Wildman–Crippen MR) is 93.2 cm³/mol. The molecule has 1 atom stereocenters. The SMILES string of the molecule is CC(Cc1ccccc1)NC(=O)CNC(=O)CNC(=O)C(C)(C)C. The summed E-state index contributed by atoms with van der Waals surface area (Å²) in [5.74, 6) is -0.856. The largest absolute Gasteiger partial charge is 0.352 e. The van der Waals surface area contributed by atoms with E-state index in [9.17, 15) is 14.4 Å². The number of rotatable bonds is 7.